The van der Waals surface area contributed by atoms with E-state index >= 15 is 0 Å². The van der Waals surface area contributed by atoms with Gasteiger partial charge in [-0.3, -0.25) is 0 Å². The minimum atomic E-state index is 0.567. The van der Waals surface area contributed by atoms with E-state index in [0.29, 0.717) is 18.0 Å². The molecule has 2 atom stereocenters. The molecule has 0 amide bonds. The van der Waals surface area contributed by atoms with E-state index in [4.69, 9.17) is 0 Å². The lowest BCUT2D eigenvalue weighted by atomic mass is 9.99. The summed E-state index contributed by atoms with van der Waals surface area (Å²) in [6.07, 6.45) is 2.14. The van der Waals surface area contributed by atoms with Gasteiger partial charge in [0.05, 0.1) is 0 Å². The van der Waals surface area contributed by atoms with Crippen LogP contribution in [0, 0.1) is 5.92 Å². The predicted molar refractivity (Wildman–Crippen MR) is 81.7 cm³/mol. The average Bonchev–Trinajstić information content (AvgIpc) is 2.39. The van der Waals surface area contributed by atoms with Crippen molar-refractivity contribution in [1.82, 2.24) is 5.32 Å². The Balaban J connectivity index is 2.18. The monoisotopic (exact) mass is 264 g/mol. The zero-order valence-electron chi connectivity index (χ0n) is 11.8. The largest absolute Gasteiger partial charge is 0.366 e. The van der Waals surface area contributed by atoms with Gasteiger partial charge < -0.3 is 10.2 Å². The van der Waals surface area contributed by atoms with E-state index in [0.717, 1.165) is 13.1 Å². The Hall–Kier alpha value is -0.670. The Labute approximate surface area is 115 Å². The second-order valence-corrected chi connectivity index (χ2v) is 6.34. The summed E-state index contributed by atoms with van der Waals surface area (Å²) in [4.78, 5) is 3.89. The number of piperazine rings is 1. The molecule has 18 heavy (non-hydrogen) atoms. The van der Waals surface area contributed by atoms with E-state index in [1.807, 2.05) is 11.8 Å². The Morgan fingerprint density at radius 2 is 2.17 bits per heavy atom. The summed E-state index contributed by atoms with van der Waals surface area (Å²) in [5, 5.41) is 3.65. The number of anilines is 1. The molecule has 1 aromatic rings. The molecule has 2 nitrogen and oxygen atoms in total. The first kappa shape index (κ1) is 13.8. The lowest BCUT2D eigenvalue weighted by Crippen LogP contribution is -2.57. The van der Waals surface area contributed by atoms with Gasteiger partial charge in [0, 0.05) is 35.8 Å². The summed E-state index contributed by atoms with van der Waals surface area (Å²) in [5.41, 5.74) is 1.36. The maximum atomic E-state index is 3.65. The molecule has 100 valence electrons. The first-order valence-electron chi connectivity index (χ1n) is 6.76. The van der Waals surface area contributed by atoms with Crippen molar-refractivity contribution in [2.75, 3.05) is 24.2 Å². The van der Waals surface area contributed by atoms with Crippen molar-refractivity contribution in [2.45, 2.75) is 37.8 Å². The van der Waals surface area contributed by atoms with E-state index in [2.05, 4.69) is 61.5 Å². The molecule has 1 fully saturated rings. The van der Waals surface area contributed by atoms with Crippen LogP contribution in [0.3, 0.4) is 0 Å². The Bertz CT molecular complexity index is 392. The van der Waals surface area contributed by atoms with Crippen LogP contribution in [-0.4, -0.2) is 31.4 Å². The van der Waals surface area contributed by atoms with Gasteiger partial charge in [-0.2, -0.15) is 0 Å². The highest BCUT2D eigenvalue weighted by Crippen LogP contribution is 2.26. The van der Waals surface area contributed by atoms with Crippen molar-refractivity contribution in [3.8, 4) is 0 Å². The van der Waals surface area contributed by atoms with E-state index in [1.165, 1.54) is 10.6 Å². The number of hydrogen-bond acceptors (Lipinski definition) is 3. The van der Waals surface area contributed by atoms with E-state index in [1.54, 1.807) is 0 Å². The molecule has 1 heterocycles. The van der Waals surface area contributed by atoms with Crippen LogP contribution in [0.1, 0.15) is 20.8 Å². The molecule has 0 spiro atoms. The summed E-state index contributed by atoms with van der Waals surface area (Å²) < 4.78 is 0. The maximum absolute atomic E-state index is 3.65. The predicted octanol–water partition coefficient (Wildman–Crippen LogP) is 3.23. The molecule has 0 bridgehead atoms. The summed E-state index contributed by atoms with van der Waals surface area (Å²) in [7, 11) is 0. The highest BCUT2D eigenvalue weighted by molar-refractivity contribution is 7.98. The van der Waals surface area contributed by atoms with Crippen LogP contribution in [-0.2, 0) is 0 Å². The van der Waals surface area contributed by atoms with E-state index in [9.17, 15) is 0 Å². The molecule has 1 aliphatic heterocycles. The fraction of sp³-hybridized carbons (Fsp3) is 0.600. The Kier molecular flexibility index (Phi) is 4.57. The molecule has 0 aliphatic carbocycles. The smallest absolute Gasteiger partial charge is 0.0387 e. The van der Waals surface area contributed by atoms with Crippen molar-refractivity contribution in [1.29, 1.82) is 0 Å². The van der Waals surface area contributed by atoms with Crippen LogP contribution in [0.5, 0.6) is 0 Å². The van der Waals surface area contributed by atoms with Gasteiger partial charge in [-0.05, 0) is 37.3 Å². The van der Waals surface area contributed by atoms with Crippen LogP contribution >= 0.6 is 11.8 Å². The van der Waals surface area contributed by atoms with Crippen LogP contribution in [0.2, 0.25) is 0 Å². The molecule has 0 saturated carbocycles. The van der Waals surface area contributed by atoms with Gasteiger partial charge in [0.25, 0.3) is 0 Å². The summed E-state index contributed by atoms with van der Waals surface area (Å²) in [6, 6.07) is 10.1. The van der Waals surface area contributed by atoms with Crippen LogP contribution in [0.15, 0.2) is 29.2 Å². The molecule has 0 aromatic heterocycles. The third kappa shape index (κ3) is 3.01. The molecule has 1 aliphatic rings. The van der Waals surface area contributed by atoms with Gasteiger partial charge in [-0.1, -0.05) is 19.9 Å². The van der Waals surface area contributed by atoms with Gasteiger partial charge in [-0.25, -0.2) is 0 Å². The highest BCUT2D eigenvalue weighted by Gasteiger charge is 2.26. The Morgan fingerprint density at radius 3 is 2.83 bits per heavy atom. The van der Waals surface area contributed by atoms with Crippen molar-refractivity contribution < 1.29 is 0 Å². The van der Waals surface area contributed by atoms with Gasteiger partial charge in [-0.15, -0.1) is 11.8 Å². The van der Waals surface area contributed by atoms with Crippen molar-refractivity contribution in [3.05, 3.63) is 24.3 Å². The minimum Gasteiger partial charge on any atom is -0.366 e. The first-order valence-corrected chi connectivity index (χ1v) is 7.98. The van der Waals surface area contributed by atoms with Crippen molar-refractivity contribution in [2.24, 2.45) is 5.92 Å². The number of hydrogen-bond donors (Lipinski definition) is 1. The fourth-order valence-corrected chi connectivity index (χ4v) is 2.94. The van der Waals surface area contributed by atoms with Gasteiger partial charge in [0.1, 0.15) is 0 Å². The van der Waals surface area contributed by atoms with Crippen LogP contribution in [0.4, 0.5) is 5.69 Å². The standard InChI is InChI=1S/C15H24N2S/c1-11(2)15-10-17(12(3)9-16-15)13-6-5-7-14(8-13)18-4/h5-8,11-12,15-16H,9-10H2,1-4H3. The van der Waals surface area contributed by atoms with Crippen molar-refractivity contribution in [3.63, 3.8) is 0 Å². The van der Waals surface area contributed by atoms with Gasteiger partial charge in [0.2, 0.25) is 0 Å². The Morgan fingerprint density at radius 1 is 1.39 bits per heavy atom. The number of nitrogens with zero attached hydrogens (tertiary/aromatic N) is 1. The highest BCUT2D eigenvalue weighted by atomic mass is 32.2. The fourth-order valence-electron chi connectivity index (χ4n) is 2.48. The quantitative estimate of drug-likeness (QED) is 0.844. The van der Waals surface area contributed by atoms with E-state index in [-0.39, 0.29) is 0 Å². The lowest BCUT2D eigenvalue weighted by molar-refractivity contribution is 0.337. The minimum absolute atomic E-state index is 0.567. The van der Waals surface area contributed by atoms with Gasteiger partial charge >= 0.3 is 0 Å². The molecular formula is C15H24N2S. The van der Waals surface area contributed by atoms with Gasteiger partial charge in [0.15, 0.2) is 0 Å². The molecule has 0 radical (unpaired) electrons. The number of nitrogens with one attached hydrogen (secondary N) is 1. The summed E-state index contributed by atoms with van der Waals surface area (Å²) >= 11 is 1.81. The molecule has 1 aromatic carbocycles. The number of thioether (sulfide) groups is 1. The zero-order valence-corrected chi connectivity index (χ0v) is 12.6. The first-order chi connectivity index (χ1) is 8.61. The molecule has 2 unspecified atom stereocenters. The third-order valence-corrected chi connectivity index (χ3v) is 4.52. The molecular weight excluding hydrogens is 240 g/mol. The SMILES string of the molecule is CSc1cccc(N2CC(C(C)C)NCC2C)c1. The molecule has 1 saturated heterocycles. The molecule has 2 rings (SSSR count). The second-order valence-electron chi connectivity index (χ2n) is 5.46. The normalized spacial score (nSPS) is 24.6. The third-order valence-electron chi connectivity index (χ3n) is 3.79. The lowest BCUT2D eigenvalue weighted by Gasteiger charge is -2.42. The topological polar surface area (TPSA) is 15.3 Å². The maximum Gasteiger partial charge on any atom is 0.0387 e. The van der Waals surface area contributed by atoms with Crippen LogP contribution in [0.25, 0.3) is 0 Å². The molecule has 1 N–H and O–H groups in total. The average molecular weight is 264 g/mol. The number of rotatable bonds is 3. The summed E-state index contributed by atoms with van der Waals surface area (Å²) in [5.74, 6) is 0.684. The van der Waals surface area contributed by atoms with Crippen molar-refractivity contribution >= 4 is 17.4 Å². The molecule has 3 heteroatoms. The second kappa shape index (κ2) is 5.98. The van der Waals surface area contributed by atoms with Crippen LogP contribution < -0.4 is 10.2 Å². The zero-order chi connectivity index (χ0) is 13.1. The number of benzene rings is 1. The summed E-state index contributed by atoms with van der Waals surface area (Å²) in [6.45, 7) is 9.08. The van der Waals surface area contributed by atoms with E-state index < -0.39 is 0 Å².